The Morgan fingerprint density at radius 1 is 1.26 bits per heavy atom. The standard InChI is InChI=1S/C15H20N4/c1-3-14-17-6-7-18(14)9-13-10-19(11-13)15-8-12(2)4-5-16-15/h4-8,13H,3,9-11H2,1-2H3. The van der Waals surface area contributed by atoms with Gasteiger partial charge in [0.2, 0.25) is 0 Å². The summed E-state index contributed by atoms with van der Waals surface area (Å²) < 4.78 is 2.28. The summed E-state index contributed by atoms with van der Waals surface area (Å²) in [6.45, 7) is 7.53. The Morgan fingerprint density at radius 3 is 2.84 bits per heavy atom. The van der Waals surface area contributed by atoms with Crippen LogP contribution < -0.4 is 4.90 Å². The Kier molecular flexibility index (Phi) is 3.23. The zero-order chi connectivity index (χ0) is 13.2. The predicted molar refractivity (Wildman–Crippen MR) is 76.3 cm³/mol. The number of anilines is 1. The molecule has 0 bridgehead atoms. The van der Waals surface area contributed by atoms with Gasteiger partial charge in [-0.1, -0.05) is 6.92 Å². The molecule has 0 atom stereocenters. The van der Waals surface area contributed by atoms with Crippen molar-refractivity contribution in [3.8, 4) is 0 Å². The minimum absolute atomic E-state index is 0.710. The Morgan fingerprint density at radius 2 is 2.11 bits per heavy atom. The summed E-state index contributed by atoms with van der Waals surface area (Å²) in [6, 6.07) is 4.20. The molecule has 3 heterocycles. The van der Waals surface area contributed by atoms with Crippen molar-refractivity contribution in [1.82, 2.24) is 14.5 Å². The van der Waals surface area contributed by atoms with Crippen LogP contribution in [0.2, 0.25) is 0 Å². The van der Waals surface area contributed by atoms with Crippen molar-refractivity contribution >= 4 is 5.82 Å². The number of aryl methyl sites for hydroxylation is 2. The molecule has 1 aliphatic rings. The first-order chi connectivity index (χ1) is 9.26. The molecule has 2 aromatic rings. The third kappa shape index (κ3) is 2.48. The summed E-state index contributed by atoms with van der Waals surface area (Å²) in [6.07, 6.45) is 6.88. The van der Waals surface area contributed by atoms with E-state index in [9.17, 15) is 0 Å². The maximum Gasteiger partial charge on any atom is 0.128 e. The average molecular weight is 256 g/mol. The van der Waals surface area contributed by atoms with Crippen LogP contribution in [0.3, 0.4) is 0 Å². The number of imidazole rings is 1. The Labute approximate surface area is 114 Å². The van der Waals surface area contributed by atoms with Crippen LogP contribution in [0, 0.1) is 12.8 Å². The first kappa shape index (κ1) is 12.2. The quantitative estimate of drug-likeness (QED) is 0.841. The van der Waals surface area contributed by atoms with Crippen molar-refractivity contribution in [3.63, 3.8) is 0 Å². The van der Waals surface area contributed by atoms with Crippen LogP contribution in [0.1, 0.15) is 18.3 Å². The molecule has 0 amide bonds. The van der Waals surface area contributed by atoms with Gasteiger partial charge in [0.25, 0.3) is 0 Å². The predicted octanol–water partition coefficient (Wildman–Crippen LogP) is 2.29. The normalized spacial score (nSPS) is 15.6. The molecule has 0 saturated carbocycles. The lowest BCUT2D eigenvalue weighted by Crippen LogP contribution is -2.49. The van der Waals surface area contributed by atoms with Crippen LogP contribution in [0.25, 0.3) is 0 Å². The number of hydrogen-bond acceptors (Lipinski definition) is 3. The number of hydrogen-bond donors (Lipinski definition) is 0. The second kappa shape index (κ2) is 5.03. The Bertz CT molecular complexity index is 555. The second-order valence-electron chi connectivity index (χ2n) is 5.31. The highest BCUT2D eigenvalue weighted by atomic mass is 15.2. The molecular formula is C15H20N4. The van der Waals surface area contributed by atoms with E-state index in [0.717, 1.165) is 31.9 Å². The molecule has 3 rings (SSSR count). The maximum atomic E-state index is 4.43. The molecule has 0 aliphatic carbocycles. The van der Waals surface area contributed by atoms with Crippen molar-refractivity contribution in [3.05, 3.63) is 42.1 Å². The first-order valence-electron chi connectivity index (χ1n) is 6.94. The summed E-state index contributed by atoms with van der Waals surface area (Å²) in [5.41, 5.74) is 1.27. The fourth-order valence-corrected chi connectivity index (χ4v) is 2.66. The van der Waals surface area contributed by atoms with E-state index in [0.29, 0.717) is 5.92 Å². The maximum absolute atomic E-state index is 4.43. The van der Waals surface area contributed by atoms with E-state index in [-0.39, 0.29) is 0 Å². The SMILES string of the molecule is CCc1nccn1CC1CN(c2cc(C)ccn2)C1. The summed E-state index contributed by atoms with van der Waals surface area (Å²) >= 11 is 0. The molecular weight excluding hydrogens is 236 g/mol. The minimum atomic E-state index is 0.710. The van der Waals surface area contributed by atoms with Crippen LogP contribution in [-0.2, 0) is 13.0 Å². The summed E-state index contributed by atoms with van der Waals surface area (Å²) in [7, 11) is 0. The lowest BCUT2D eigenvalue weighted by molar-refractivity contribution is 0.351. The number of nitrogens with zero attached hydrogens (tertiary/aromatic N) is 4. The number of aromatic nitrogens is 3. The van der Waals surface area contributed by atoms with E-state index >= 15 is 0 Å². The van der Waals surface area contributed by atoms with Crippen molar-refractivity contribution in [2.24, 2.45) is 5.92 Å². The van der Waals surface area contributed by atoms with Gasteiger partial charge in [0.15, 0.2) is 0 Å². The molecule has 0 unspecified atom stereocenters. The molecule has 1 aliphatic heterocycles. The van der Waals surface area contributed by atoms with Gasteiger partial charge in [-0.25, -0.2) is 9.97 Å². The average Bonchev–Trinajstić information content (AvgIpc) is 2.80. The minimum Gasteiger partial charge on any atom is -0.356 e. The van der Waals surface area contributed by atoms with E-state index in [1.165, 1.54) is 11.4 Å². The van der Waals surface area contributed by atoms with Crippen LogP contribution in [0.15, 0.2) is 30.7 Å². The zero-order valence-electron chi connectivity index (χ0n) is 11.6. The van der Waals surface area contributed by atoms with E-state index in [2.05, 4.69) is 45.5 Å². The fraction of sp³-hybridized carbons (Fsp3) is 0.467. The number of pyridine rings is 1. The van der Waals surface area contributed by atoms with Crippen molar-refractivity contribution < 1.29 is 0 Å². The molecule has 19 heavy (non-hydrogen) atoms. The molecule has 1 saturated heterocycles. The van der Waals surface area contributed by atoms with E-state index in [1.807, 2.05) is 18.5 Å². The van der Waals surface area contributed by atoms with Crippen LogP contribution in [-0.4, -0.2) is 27.6 Å². The van der Waals surface area contributed by atoms with Gasteiger partial charge in [0.05, 0.1) is 0 Å². The molecule has 1 fully saturated rings. The third-order valence-electron chi connectivity index (χ3n) is 3.75. The molecule has 2 aromatic heterocycles. The van der Waals surface area contributed by atoms with Gasteiger partial charge in [-0.2, -0.15) is 0 Å². The van der Waals surface area contributed by atoms with Gasteiger partial charge in [-0.05, 0) is 24.6 Å². The zero-order valence-corrected chi connectivity index (χ0v) is 11.6. The molecule has 0 N–H and O–H groups in total. The summed E-state index contributed by atoms with van der Waals surface area (Å²) in [5, 5.41) is 0. The van der Waals surface area contributed by atoms with E-state index in [4.69, 9.17) is 0 Å². The Balaban J connectivity index is 1.58. The molecule has 4 nitrogen and oxygen atoms in total. The van der Waals surface area contributed by atoms with E-state index in [1.54, 1.807) is 0 Å². The van der Waals surface area contributed by atoms with Crippen molar-refractivity contribution in [2.45, 2.75) is 26.8 Å². The van der Waals surface area contributed by atoms with Gasteiger partial charge in [-0.15, -0.1) is 0 Å². The fourth-order valence-electron chi connectivity index (χ4n) is 2.66. The molecule has 100 valence electrons. The highest BCUT2D eigenvalue weighted by Crippen LogP contribution is 2.24. The molecule has 0 spiro atoms. The topological polar surface area (TPSA) is 34.0 Å². The largest absolute Gasteiger partial charge is 0.356 e. The van der Waals surface area contributed by atoms with Crippen LogP contribution >= 0.6 is 0 Å². The molecule has 4 heteroatoms. The first-order valence-corrected chi connectivity index (χ1v) is 6.94. The summed E-state index contributed by atoms with van der Waals surface area (Å²) in [4.78, 5) is 11.2. The van der Waals surface area contributed by atoms with Gasteiger partial charge < -0.3 is 9.47 Å². The monoisotopic (exact) mass is 256 g/mol. The van der Waals surface area contributed by atoms with Gasteiger partial charge in [0, 0.05) is 50.6 Å². The lowest BCUT2D eigenvalue weighted by Gasteiger charge is -2.40. The smallest absolute Gasteiger partial charge is 0.128 e. The summed E-state index contributed by atoms with van der Waals surface area (Å²) in [5.74, 6) is 3.01. The third-order valence-corrected chi connectivity index (χ3v) is 3.75. The number of rotatable bonds is 4. The van der Waals surface area contributed by atoms with Crippen molar-refractivity contribution in [2.75, 3.05) is 18.0 Å². The van der Waals surface area contributed by atoms with Crippen LogP contribution in [0.4, 0.5) is 5.82 Å². The van der Waals surface area contributed by atoms with Crippen LogP contribution in [0.5, 0.6) is 0 Å². The van der Waals surface area contributed by atoms with Gasteiger partial charge in [-0.3, -0.25) is 0 Å². The second-order valence-corrected chi connectivity index (χ2v) is 5.31. The highest BCUT2D eigenvalue weighted by molar-refractivity contribution is 5.43. The molecule has 0 aromatic carbocycles. The van der Waals surface area contributed by atoms with Gasteiger partial charge in [0.1, 0.15) is 11.6 Å². The highest BCUT2D eigenvalue weighted by Gasteiger charge is 2.28. The lowest BCUT2D eigenvalue weighted by atomic mass is 10.00. The Hall–Kier alpha value is -1.84. The van der Waals surface area contributed by atoms with Gasteiger partial charge >= 0.3 is 0 Å². The van der Waals surface area contributed by atoms with Crippen molar-refractivity contribution in [1.29, 1.82) is 0 Å². The van der Waals surface area contributed by atoms with E-state index < -0.39 is 0 Å². The molecule has 0 radical (unpaired) electrons.